The number of isothiocyanates is 1. The Morgan fingerprint density at radius 2 is 2.10 bits per heavy atom. The minimum atomic E-state index is -0.293. The molecule has 3 atom stereocenters. The van der Waals surface area contributed by atoms with Crippen molar-refractivity contribution in [3.63, 3.8) is 0 Å². The maximum Gasteiger partial charge on any atom is 0.315 e. The van der Waals surface area contributed by atoms with Gasteiger partial charge in [-0.05, 0) is 31.1 Å². The van der Waals surface area contributed by atoms with Gasteiger partial charge in [-0.1, -0.05) is 6.42 Å². The Morgan fingerprint density at radius 3 is 2.93 bits per heavy atom. The van der Waals surface area contributed by atoms with E-state index < -0.39 is 0 Å². The Balaban J connectivity index is 1.25. The summed E-state index contributed by atoms with van der Waals surface area (Å²) in [5.41, 5.74) is 0.831. The van der Waals surface area contributed by atoms with Crippen LogP contribution in [-0.2, 0) is 4.79 Å². The third kappa shape index (κ3) is 6.25. The Hall–Kier alpha value is -2.49. The predicted molar refractivity (Wildman–Crippen MR) is 118 cm³/mol. The lowest BCUT2D eigenvalue weighted by atomic mass is 10.0. The number of fused-ring (bicyclic) bond motifs is 1. The van der Waals surface area contributed by atoms with Crippen LogP contribution in [0.2, 0.25) is 0 Å². The summed E-state index contributed by atoms with van der Waals surface area (Å²) < 4.78 is 0. The number of thiocarbonyl (C=S) groups is 1. The number of urea groups is 1. The van der Waals surface area contributed by atoms with Gasteiger partial charge in [0.05, 0.1) is 34.7 Å². The number of aliphatic imine (C=N–C) groups is 1. The van der Waals surface area contributed by atoms with Crippen LogP contribution in [0.4, 0.5) is 10.5 Å². The fourth-order valence-electron chi connectivity index (χ4n) is 3.51. The van der Waals surface area contributed by atoms with Gasteiger partial charge in [0.15, 0.2) is 0 Å². The van der Waals surface area contributed by atoms with Crippen LogP contribution in [0.25, 0.3) is 0 Å². The van der Waals surface area contributed by atoms with Gasteiger partial charge in [0.2, 0.25) is 5.91 Å². The number of thioether (sulfide) groups is 1. The van der Waals surface area contributed by atoms with E-state index in [1.54, 1.807) is 6.07 Å². The van der Waals surface area contributed by atoms with Crippen LogP contribution in [0.15, 0.2) is 23.5 Å². The second-order valence-electron chi connectivity index (χ2n) is 7.11. The summed E-state index contributed by atoms with van der Waals surface area (Å²) in [6, 6.07) is 1.93. The first-order valence-electron chi connectivity index (χ1n) is 9.83. The molecule has 2 fully saturated rings. The summed E-state index contributed by atoms with van der Waals surface area (Å²) >= 11 is 6.42. The number of rotatable bonds is 10. The first-order valence-corrected chi connectivity index (χ1v) is 11.3. The molecule has 30 heavy (non-hydrogen) atoms. The van der Waals surface area contributed by atoms with Crippen molar-refractivity contribution in [2.24, 2.45) is 4.99 Å². The van der Waals surface area contributed by atoms with Gasteiger partial charge in [0.25, 0.3) is 5.91 Å². The fourth-order valence-corrected chi connectivity index (χ4v) is 5.16. The van der Waals surface area contributed by atoms with Crippen LogP contribution in [0, 0.1) is 0 Å². The Kier molecular flexibility index (Phi) is 8.18. The summed E-state index contributed by atoms with van der Waals surface area (Å²) in [4.78, 5) is 43.2. The molecule has 3 heterocycles. The highest BCUT2D eigenvalue weighted by atomic mass is 32.2. The standard InChI is InChI=1S/C19H24N6O3S2/c26-16(4-2-1-3-15-17-14(10-30-15)24-19(28)25-17)21-5-6-22-18(27)12-7-13(23-11-29)9-20-8-12/h7-9,14-15,17H,1-6,10H2,(H,21,26)(H,22,27)(H2,24,25,28)/t14-,15-,17-/m0/s1. The lowest BCUT2D eigenvalue weighted by molar-refractivity contribution is -0.121. The van der Waals surface area contributed by atoms with Crippen molar-refractivity contribution >= 4 is 52.7 Å². The number of nitrogens with one attached hydrogen (secondary N) is 4. The molecule has 11 heteroatoms. The van der Waals surface area contributed by atoms with E-state index in [-0.39, 0.29) is 29.9 Å². The zero-order chi connectivity index (χ0) is 21.3. The van der Waals surface area contributed by atoms with E-state index in [1.807, 2.05) is 11.8 Å². The smallest absolute Gasteiger partial charge is 0.315 e. The number of carbonyl (C=O) groups excluding carboxylic acids is 3. The first kappa shape index (κ1) is 22.2. The van der Waals surface area contributed by atoms with Crippen molar-refractivity contribution < 1.29 is 14.4 Å². The topological polar surface area (TPSA) is 125 Å². The van der Waals surface area contributed by atoms with Crippen LogP contribution < -0.4 is 21.3 Å². The van der Waals surface area contributed by atoms with Crippen LogP contribution in [0.5, 0.6) is 0 Å². The maximum atomic E-state index is 12.1. The molecular weight excluding hydrogens is 424 g/mol. The summed E-state index contributed by atoms with van der Waals surface area (Å²) in [5.74, 6) is 0.621. The van der Waals surface area contributed by atoms with Crippen molar-refractivity contribution in [2.45, 2.75) is 43.0 Å². The van der Waals surface area contributed by atoms with Crippen molar-refractivity contribution in [2.75, 3.05) is 18.8 Å². The summed E-state index contributed by atoms with van der Waals surface area (Å²) in [5, 5.41) is 14.1. The highest BCUT2D eigenvalue weighted by molar-refractivity contribution is 8.00. The van der Waals surface area contributed by atoms with Crippen LogP contribution in [0.3, 0.4) is 0 Å². The van der Waals surface area contributed by atoms with Gasteiger partial charge in [-0.3, -0.25) is 14.6 Å². The molecule has 2 aliphatic heterocycles. The van der Waals surface area contributed by atoms with Crippen molar-refractivity contribution in [3.05, 3.63) is 24.0 Å². The molecular formula is C19H24N6O3S2. The number of aromatic nitrogens is 1. The molecule has 0 spiro atoms. The summed E-state index contributed by atoms with van der Waals surface area (Å²) in [6.45, 7) is 0.676. The molecule has 4 amide bonds. The lowest BCUT2D eigenvalue weighted by Gasteiger charge is -2.16. The van der Waals surface area contributed by atoms with Gasteiger partial charge in [-0.25, -0.2) is 4.79 Å². The molecule has 0 radical (unpaired) electrons. The minimum absolute atomic E-state index is 0.0315. The molecule has 2 saturated heterocycles. The fraction of sp³-hybridized carbons (Fsp3) is 0.526. The van der Waals surface area contributed by atoms with Crippen molar-refractivity contribution in [1.82, 2.24) is 26.3 Å². The number of nitrogens with zero attached hydrogens (tertiary/aromatic N) is 2. The maximum absolute atomic E-state index is 12.1. The van der Waals surface area contributed by atoms with E-state index in [1.165, 1.54) is 12.4 Å². The van der Waals surface area contributed by atoms with E-state index in [2.05, 4.69) is 48.6 Å². The zero-order valence-electron chi connectivity index (χ0n) is 16.3. The molecule has 1 aromatic rings. The number of hydrogen-bond acceptors (Lipinski definition) is 7. The molecule has 0 aliphatic carbocycles. The molecule has 0 saturated carbocycles. The van der Waals surface area contributed by atoms with Gasteiger partial charge in [0.1, 0.15) is 0 Å². The van der Waals surface area contributed by atoms with Crippen molar-refractivity contribution in [3.8, 4) is 0 Å². The molecule has 0 unspecified atom stereocenters. The average molecular weight is 449 g/mol. The average Bonchev–Trinajstić information content (AvgIpc) is 3.28. The van der Waals surface area contributed by atoms with Gasteiger partial charge in [0, 0.05) is 36.7 Å². The van der Waals surface area contributed by atoms with Crippen LogP contribution in [0.1, 0.15) is 36.0 Å². The number of amides is 4. The van der Waals surface area contributed by atoms with Gasteiger partial charge in [-0.2, -0.15) is 16.8 Å². The number of hydrogen-bond donors (Lipinski definition) is 4. The van der Waals surface area contributed by atoms with Gasteiger partial charge in [-0.15, -0.1) is 0 Å². The molecule has 0 aromatic carbocycles. The highest BCUT2D eigenvalue weighted by Crippen LogP contribution is 2.33. The van der Waals surface area contributed by atoms with E-state index in [0.717, 1.165) is 25.0 Å². The number of pyridine rings is 1. The van der Waals surface area contributed by atoms with Gasteiger partial charge < -0.3 is 21.3 Å². The first-order chi connectivity index (χ1) is 14.6. The van der Waals surface area contributed by atoms with Crippen molar-refractivity contribution in [1.29, 1.82) is 0 Å². The van der Waals surface area contributed by atoms with E-state index in [0.29, 0.717) is 36.0 Å². The lowest BCUT2D eigenvalue weighted by Crippen LogP contribution is -2.36. The minimum Gasteiger partial charge on any atom is -0.354 e. The molecule has 160 valence electrons. The molecule has 9 nitrogen and oxygen atoms in total. The highest BCUT2D eigenvalue weighted by Gasteiger charge is 2.42. The summed E-state index contributed by atoms with van der Waals surface area (Å²) in [7, 11) is 0. The van der Waals surface area contributed by atoms with E-state index >= 15 is 0 Å². The second-order valence-corrected chi connectivity index (χ2v) is 8.56. The second kappa shape index (κ2) is 11.1. The monoisotopic (exact) mass is 448 g/mol. The SMILES string of the molecule is O=C(CCCC[C@@H]1SC[C@@H]2NC(=O)N[C@@H]21)NCCNC(=O)c1cncc(N=C=S)c1. The third-order valence-corrected chi connectivity index (χ3v) is 6.57. The molecule has 1 aromatic heterocycles. The molecule has 2 aliphatic rings. The third-order valence-electron chi connectivity index (χ3n) is 4.97. The van der Waals surface area contributed by atoms with E-state index in [4.69, 9.17) is 0 Å². The largest absolute Gasteiger partial charge is 0.354 e. The quantitative estimate of drug-likeness (QED) is 0.186. The molecule has 3 rings (SSSR count). The summed E-state index contributed by atoms with van der Waals surface area (Å²) in [6.07, 6.45) is 6.10. The zero-order valence-corrected chi connectivity index (χ0v) is 18.0. The van der Waals surface area contributed by atoms with Crippen LogP contribution >= 0.6 is 24.0 Å². The predicted octanol–water partition coefficient (Wildman–Crippen LogP) is 1.39. The molecule has 4 N–H and O–H groups in total. The van der Waals surface area contributed by atoms with Gasteiger partial charge >= 0.3 is 6.03 Å². The number of carbonyl (C=O) groups is 3. The van der Waals surface area contributed by atoms with Crippen LogP contribution in [-0.4, -0.2) is 64.2 Å². The van der Waals surface area contributed by atoms with E-state index in [9.17, 15) is 14.4 Å². The number of unbranched alkanes of at least 4 members (excludes halogenated alkanes) is 1. The Bertz CT molecular complexity index is 845. The Morgan fingerprint density at radius 1 is 1.27 bits per heavy atom. The molecule has 0 bridgehead atoms. The normalized spacial score (nSPS) is 21.7. The Labute approximate surface area is 184 Å².